The zero-order chi connectivity index (χ0) is 21.1. The smallest absolute Gasteiger partial charge is 0.325 e. The van der Waals surface area contributed by atoms with Gasteiger partial charge in [-0.3, -0.25) is 9.69 Å². The summed E-state index contributed by atoms with van der Waals surface area (Å²) in [6.45, 7) is 4.38. The number of amides is 3. The summed E-state index contributed by atoms with van der Waals surface area (Å²) in [6.07, 6.45) is 2.00. The van der Waals surface area contributed by atoms with E-state index in [0.29, 0.717) is 24.3 Å². The number of carbonyl (C=O) groups is 2. The third kappa shape index (κ3) is 3.73. The highest BCUT2D eigenvalue weighted by Crippen LogP contribution is 2.30. The highest BCUT2D eigenvalue weighted by molar-refractivity contribution is 6.07. The van der Waals surface area contributed by atoms with Gasteiger partial charge in [0.25, 0.3) is 5.91 Å². The van der Waals surface area contributed by atoms with Gasteiger partial charge in [0.2, 0.25) is 0 Å². The van der Waals surface area contributed by atoms with Crippen molar-refractivity contribution in [2.75, 3.05) is 13.2 Å². The van der Waals surface area contributed by atoms with Gasteiger partial charge in [0, 0.05) is 6.54 Å². The van der Waals surface area contributed by atoms with Crippen LogP contribution in [0.15, 0.2) is 54.9 Å². The van der Waals surface area contributed by atoms with Crippen LogP contribution in [0.3, 0.4) is 0 Å². The van der Waals surface area contributed by atoms with Crippen LogP contribution in [0.25, 0.3) is 5.69 Å². The summed E-state index contributed by atoms with van der Waals surface area (Å²) in [4.78, 5) is 26.9. The highest BCUT2D eigenvalue weighted by atomic mass is 16.5. The van der Waals surface area contributed by atoms with E-state index in [2.05, 4.69) is 20.8 Å². The van der Waals surface area contributed by atoms with E-state index in [9.17, 15) is 9.59 Å². The molecule has 154 valence electrons. The number of rotatable bonds is 7. The van der Waals surface area contributed by atoms with Gasteiger partial charge in [0.1, 0.15) is 17.6 Å². The molecule has 1 aromatic heterocycles. The summed E-state index contributed by atoms with van der Waals surface area (Å²) in [5.41, 5.74) is 1.32. The van der Waals surface area contributed by atoms with Gasteiger partial charge in [-0.05, 0) is 66.1 Å². The number of imide groups is 1. The van der Waals surface area contributed by atoms with Crippen molar-refractivity contribution in [2.45, 2.75) is 25.8 Å². The molecule has 1 atom stereocenters. The van der Waals surface area contributed by atoms with Crippen molar-refractivity contribution in [3.05, 3.63) is 66.0 Å². The van der Waals surface area contributed by atoms with Gasteiger partial charge in [-0.2, -0.15) is 0 Å². The molecule has 9 nitrogen and oxygen atoms in total. The van der Waals surface area contributed by atoms with Crippen LogP contribution in [0.2, 0.25) is 0 Å². The molecule has 1 saturated heterocycles. The molecule has 0 saturated carbocycles. The van der Waals surface area contributed by atoms with E-state index < -0.39 is 11.6 Å². The van der Waals surface area contributed by atoms with Crippen LogP contribution in [-0.2, 0) is 10.3 Å². The molecule has 9 heteroatoms. The van der Waals surface area contributed by atoms with Crippen molar-refractivity contribution in [1.29, 1.82) is 0 Å². The first kappa shape index (κ1) is 19.6. The predicted molar refractivity (Wildman–Crippen MR) is 108 cm³/mol. The van der Waals surface area contributed by atoms with Crippen molar-refractivity contribution in [3.8, 4) is 11.4 Å². The first-order valence-corrected chi connectivity index (χ1v) is 9.65. The van der Waals surface area contributed by atoms with Crippen molar-refractivity contribution < 1.29 is 14.3 Å². The average Bonchev–Trinajstić information content (AvgIpc) is 3.35. The number of nitrogens with zero attached hydrogens (tertiary/aromatic N) is 5. The van der Waals surface area contributed by atoms with E-state index in [0.717, 1.165) is 11.3 Å². The number of hydrogen-bond acceptors (Lipinski definition) is 6. The Balaban J connectivity index is 1.42. The Hall–Kier alpha value is -3.75. The number of benzene rings is 2. The standard InChI is InChI=1S/C21H22N6O3/c1-15-6-3-9-18(12-15)30-11-5-10-26-19(28)21(2,23-20(26)29)16-7-4-8-17(13-16)27-14-22-24-25-27/h3-4,6-9,12-14H,5,10-11H2,1-2H3,(H,23,29). The van der Waals surface area contributed by atoms with Gasteiger partial charge in [0.15, 0.2) is 0 Å². The third-order valence-electron chi connectivity index (χ3n) is 5.10. The molecule has 1 N–H and O–H groups in total. The molecule has 0 aliphatic carbocycles. The largest absolute Gasteiger partial charge is 0.494 e. The molecule has 0 radical (unpaired) electrons. The lowest BCUT2D eigenvalue weighted by atomic mass is 9.91. The van der Waals surface area contributed by atoms with Crippen LogP contribution >= 0.6 is 0 Å². The SMILES string of the molecule is Cc1cccc(OCCCN2C(=O)NC(C)(c3cccc(-n4cnnn4)c3)C2=O)c1. The summed E-state index contributed by atoms with van der Waals surface area (Å²) in [5.74, 6) is 0.480. The van der Waals surface area contributed by atoms with E-state index >= 15 is 0 Å². The van der Waals surface area contributed by atoms with Gasteiger partial charge in [-0.15, -0.1) is 5.10 Å². The maximum atomic E-state index is 13.1. The molecular weight excluding hydrogens is 384 g/mol. The van der Waals surface area contributed by atoms with E-state index in [1.807, 2.05) is 37.3 Å². The lowest BCUT2D eigenvalue weighted by molar-refractivity contribution is -0.131. The minimum absolute atomic E-state index is 0.277. The summed E-state index contributed by atoms with van der Waals surface area (Å²) < 4.78 is 7.21. The summed E-state index contributed by atoms with van der Waals surface area (Å²) in [6, 6.07) is 14.6. The second-order valence-electron chi connectivity index (χ2n) is 7.34. The molecule has 0 spiro atoms. The Labute approximate surface area is 173 Å². The molecule has 2 aromatic carbocycles. The maximum Gasteiger partial charge on any atom is 0.325 e. The Morgan fingerprint density at radius 3 is 2.73 bits per heavy atom. The molecule has 2 heterocycles. The van der Waals surface area contributed by atoms with Gasteiger partial charge < -0.3 is 10.1 Å². The first-order chi connectivity index (χ1) is 14.5. The first-order valence-electron chi connectivity index (χ1n) is 9.65. The molecule has 30 heavy (non-hydrogen) atoms. The topological polar surface area (TPSA) is 102 Å². The molecule has 0 bridgehead atoms. The Morgan fingerprint density at radius 1 is 1.13 bits per heavy atom. The third-order valence-corrected chi connectivity index (χ3v) is 5.10. The maximum absolute atomic E-state index is 13.1. The van der Waals surface area contributed by atoms with Crippen LogP contribution < -0.4 is 10.1 Å². The van der Waals surface area contributed by atoms with Gasteiger partial charge >= 0.3 is 6.03 Å². The van der Waals surface area contributed by atoms with Crippen molar-refractivity contribution in [3.63, 3.8) is 0 Å². The van der Waals surface area contributed by atoms with Gasteiger partial charge in [-0.25, -0.2) is 9.48 Å². The number of ether oxygens (including phenoxy) is 1. The quantitative estimate of drug-likeness (QED) is 0.477. The highest BCUT2D eigenvalue weighted by Gasteiger charge is 2.48. The minimum Gasteiger partial charge on any atom is -0.494 e. The van der Waals surface area contributed by atoms with Crippen LogP contribution in [0, 0.1) is 6.92 Å². The molecule has 3 amide bonds. The molecule has 1 aliphatic heterocycles. The predicted octanol–water partition coefficient (Wildman–Crippen LogP) is 2.21. The number of hydrogen-bond donors (Lipinski definition) is 1. The van der Waals surface area contributed by atoms with Crippen LogP contribution in [0.4, 0.5) is 4.79 Å². The lowest BCUT2D eigenvalue weighted by Crippen LogP contribution is -2.41. The fraction of sp³-hybridized carbons (Fsp3) is 0.286. The van der Waals surface area contributed by atoms with Gasteiger partial charge in [-0.1, -0.05) is 24.3 Å². The molecular formula is C21H22N6O3. The Bertz CT molecular complexity index is 1070. The molecule has 3 aromatic rings. The molecule has 1 unspecified atom stereocenters. The second-order valence-corrected chi connectivity index (χ2v) is 7.34. The fourth-order valence-corrected chi connectivity index (χ4v) is 3.45. The molecule has 1 fully saturated rings. The lowest BCUT2D eigenvalue weighted by Gasteiger charge is -2.22. The minimum atomic E-state index is -1.15. The second kappa shape index (κ2) is 7.94. The van der Waals surface area contributed by atoms with E-state index in [-0.39, 0.29) is 12.5 Å². The molecule has 4 rings (SSSR count). The van der Waals surface area contributed by atoms with Crippen molar-refractivity contribution >= 4 is 11.9 Å². The van der Waals surface area contributed by atoms with Gasteiger partial charge in [0.05, 0.1) is 12.3 Å². The number of aryl methyl sites for hydroxylation is 1. The van der Waals surface area contributed by atoms with Crippen LogP contribution in [-0.4, -0.2) is 50.2 Å². The number of nitrogens with one attached hydrogen (secondary N) is 1. The Kier molecular flexibility index (Phi) is 5.18. The number of tetrazole rings is 1. The molecule has 1 aliphatic rings. The summed E-state index contributed by atoms with van der Waals surface area (Å²) in [5, 5.41) is 13.9. The van der Waals surface area contributed by atoms with Crippen molar-refractivity contribution in [1.82, 2.24) is 30.4 Å². The number of urea groups is 1. The average molecular weight is 406 g/mol. The van der Waals surface area contributed by atoms with Crippen molar-refractivity contribution in [2.24, 2.45) is 0 Å². The summed E-state index contributed by atoms with van der Waals surface area (Å²) >= 11 is 0. The van der Waals surface area contributed by atoms with E-state index in [1.165, 1.54) is 15.9 Å². The summed E-state index contributed by atoms with van der Waals surface area (Å²) in [7, 11) is 0. The Morgan fingerprint density at radius 2 is 1.97 bits per heavy atom. The zero-order valence-corrected chi connectivity index (χ0v) is 16.8. The number of carbonyl (C=O) groups excluding carboxylic acids is 2. The monoisotopic (exact) mass is 406 g/mol. The number of aromatic nitrogens is 4. The van der Waals surface area contributed by atoms with Crippen LogP contribution in [0.5, 0.6) is 5.75 Å². The van der Waals surface area contributed by atoms with E-state index in [1.54, 1.807) is 25.1 Å². The normalized spacial score (nSPS) is 18.5. The van der Waals surface area contributed by atoms with Crippen LogP contribution in [0.1, 0.15) is 24.5 Å². The fourth-order valence-electron chi connectivity index (χ4n) is 3.45. The zero-order valence-electron chi connectivity index (χ0n) is 16.8. The van der Waals surface area contributed by atoms with E-state index in [4.69, 9.17) is 4.74 Å².